The summed E-state index contributed by atoms with van der Waals surface area (Å²) in [4.78, 5) is 28.0. The molecule has 1 aliphatic heterocycles. The highest BCUT2D eigenvalue weighted by Gasteiger charge is 2.54. The highest BCUT2D eigenvalue weighted by atomic mass is 35.5. The lowest BCUT2D eigenvalue weighted by Crippen LogP contribution is -2.59. The third-order valence-corrected chi connectivity index (χ3v) is 9.09. The van der Waals surface area contributed by atoms with E-state index in [-0.39, 0.29) is 18.9 Å². The fraction of sp³-hybridized carbons (Fsp3) is 0.500. The zero-order valence-corrected chi connectivity index (χ0v) is 24.2. The minimum atomic E-state index is -2.80. The van der Waals surface area contributed by atoms with Crippen molar-refractivity contribution in [3.05, 3.63) is 69.7 Å². The van der Waals surface area contributed by atoms with E-state index in [9.17, 15) is 32.2 Å². The first-order chi connectivity index (χ1) is 18.9. The van der Waals surface area contributed by atoms with Crippen molar-refractivity contribution in [2.75, 3.05) is 13.1 Å². The Labute approximate surface area is 244 Å². The number of aliphatic carboxylic acids is 1. The largest absolute Gasteiger partial charge is 0.760 e. The number of benzene rings is 2. The van der Waals surface area contributed by atoms with Gasteiger partial charge >= 0.3 is 5.97 Å². The number of rotatable bonds is 12. The number of piperidine rings is 1. The summed E-state index contributed by atoms with van der Waals surface area (Å²) in [6, 6.07) is 12.9. The summed E-state index contributed by atoms with van der Waals surface area (Å²) in [5.41, 5.74) is 0.241. The summed E-state index contributed by atoms with van der Waals surface area (Å²) in [7, 11) is 0. The van der Waals surface area contributed by atoms with E-state index in [1.807, 2.05) is 6.07 Å². The van der Waals surface area contributed by atoms with E-state index in [4.69, 9.17) is 23.2 Å². The molecule has 12 heteroatoms. The fourth-order valence-corrected chi connectivity index (χ4v) is 6.72. The van der Waals surface area contributed by atoms with Gasteiger partial charge in [0.1, 0.15) is 0 Å². The van der Waals surface area contributed by atoms with Crippen LogP contribution in [-0.4, -0.2) is 60.5 Å². The van der Waals surface area contributed by atoms with Crippen LogP contribution < -0.4 is 0 Å². The number of carboxylic acid groups (broad SMARTS) is 1. The maximum atomic E-state index is 14.4. The predicted octanol–water partition coefficient (Wildman–Crippen LogP) is 6.06. The Balaban J connectivity index is 1.87. The smallest absolute Gasteiger partial charge is 0.304 e. The molecule has 2 aromatic carbocycles. The Hall–Kier alpha value is -2.11. The number of alkyl halides is 2. The average molecular weight is 617 g/mol. The molecular weight excluding hydrogens is 585 g/mol. The second kappa shape index (κ2) is 12.8. The molecule has 2 aromatic rings. The SMILES string of the molecule is C[C@]1(CC(=O)O)C[C@H](c2cccc(Cl)c2)[C@@H](c2ccc(Cl)cc2)N([C@H](CN(CCC(F)F)S(=O)[O-])C2CC2)C1=O. The van der Waals surface area contributed by atoms with Gasteiger partial charge in [0.15, 0.2) is 0 Å². The monoisotopic (exact) mass is 615 g/mol. The van der Waals surface area contributed by atoms with Crippen LogP contribution >= 0.6 is 23.2 Å². The molecule has 1 N–H and O–H groups in total. The van der Waals surface area contributed by atoms with Gasteiger partial charge in [0, 0.05) is 52.8 Å². The molecule has 1 amide bonds. The number of halogens is 4. The number of nitrogens with zero attached hydrogens (tertiary/aromatic N) is 2. The molecule has 4 rings (SSSR count). The topological polar surface area (TPSA) is 101 Å². The van der Waals surface area contributed by atoms with Crippen LogP contribution in [-0.2, 0) is 20.9 Å². The van der Waals surface area contributed by atoms with E-state index >= 15 is 0 Å². The van der Waals surface area contributed by atoms with Crippen molar-refractivity contribution >= 4 is 46.3 Å². The highest BCUT2D eigenvalue weighted by Crippen LogP contribution is 2.54. The van der Waals surface area contributed by atoms with Gasteiger partial charge in [0.2, 0.25) is 12.3 Å². The number of hydrogen-bond donors (Lipinski definition) is 1. The van der Waals surface area contributed by atoms with Crippen molar-refractivity contribution < 1.29 is 32.2 Å². The second-order valence-corrected chi connectivity index (χ2v) is 12.7. The first-order valence-electron chi connectivity index (χ1n) is 13.1. The Morgan fingerprint density at radius 1 is 1.18 bits per heavy atom. The zero-order chi connectivity index (χ0) is 29.2. The summed E-state index contributed by atoms with van der Waals surface area (Å²) in [5.74, 6) is -2.00. The molecule has 2 fully saturated rings. The molecule has 1 saturated carbocycles. The van der Waals surface area contributed by atoms with Crippen molar-refractivity contribution in [1.82, 2.24) is 9.21 Å². The van der Waals surface area contributed by atoms with Crippen molar-refractivity contribution in [3.63, 3.8) is 0 Å². The summed E-state index contributed by atoms with van der Waals surface area (Å²) in [5, 5.41) is 10.8. The van der Waals surface area contributed by atoms with Gasteiger partial charge in [-0.25, -0.2) is 13.1 Å². The van der Waals surface area contributed by atoms with Crippen LogP contribution in [0, 0.1) is 11.3 Å². The molecule has 0 aromatic heterocycles. The van der Waals surface area contributed by atoms with Gasteiger partial charge < -0.3 is 14.6 Å². The third kappa shape index (κ3) is 7.20. The zero-order valence-electron chi connectivity index (χ0n) is 21.9. The van der Waals surface area contributed by atoms with Crippen LogP contribution in [0.25, 0.3) is 0 Å². The normalized spacial score (nSPS) is 24.9. The molecule has 7 nitrogen and oxygen atoms in total. The summed E-state index contributed by atoms with van der Waals surface area (Å²) in [6.45, 7) is 1.06. The van der Waals surface area contributed by atoms with E-state index in [2.05, 4.69) is 0 Å². The standard InChI is InChI=1S/C28H32Cl2F2N2O5S/c1-28(15-25(35)36)14-22(19-3-2-4-21(30)13-19)26(18-7-9-20(29)10-8-18)34(27(28)37)23(17-5-6-17)16-33(40(38)39)12-11-24(31)32/h2-4,7-10,13,17,22-24,26H,5-6,11-12,14-16H2,1H3,(H,35,36)(H,38,39)/p-1/t22-,23-,26-,28-/m1/s1. The fourth-order valence-electron chi connectivity index (χ4n) is 5.87. The molecule has 1 aliphatic carbocycles. The van der Waals surface area contributed by atoms with Crippen LogP contribution in [0.4, 0.5) is 8.78 Å². The van der Waals surface area contributed by atoms with Gasteiger partial charge in [0.25, 0.3) is 0 Å². The molecule has 40 heavy (non-hydrogen) atoms. The first kappa shape index (κ1) is 30.8. The quantitative estimate of drug-likeness (QED) is 0.292. The number of amides is 1. The predicted molar refractivity (Wildman–Crippen MR) is 148 cm³/mol. The van der Waals surface area contributed by atoms with Crippen LogP contribution in [0.15, 0.2) is 48.5 Å². The van der Waals surface area contributed by atoms with Gasteiger partial charge in [0.05, 0.1) is 17.9 Å². The van der Waals surface area contributed by atoms with Gasteiger partial charge in [-0.05, 0) is 60.6 Å². The molecule has 2 aliphatic rings. The summed E-state index contributed by atoms with van der Waals surface area (Å²) >= 11 is 9.74. The number of hydrogen-bond acceptors (Lipinski definition) is 4. The van der Waals surface area contributed by atoms with Crippen molar-refractivity contribution in [2.24, 2.45) is 11.3 Å². The summed E-state index contributed by atoms with van der Waals surface area (Å²) in [6.07, 6.45) is -2.08. The van der Waals surface area contributed by atoms with Gasteiger partial charge in [-0.1, -0.05) is 54.4 Å². The first-order valence-corrected chi connectivity index (χ1v) is 14.9. The molecule has 218 valence electrons. The minimum Gasteiger partial charge on any atom is -0.760 e. The number of carbonyl (C=O) groups excluding carboxylic acids is 1. The van der Waals surface area contributed by atoms with Crippen molar-refractivity contribution in [1.29, 1.82) is 0 Å². The number of carbonyl (C=O) groups is 2. The molecule has 0 radical (unpaired) electrons. The van der Waals surface area contributed by atoms with E-state index < -0.39 is 72.4 Å². The molecule has 0 bridgehead atoms. The lowest BCUT2D eigenvalue weighted by Gasteiger charge is -2.52. The Bertz CT molecular complexity index is 1250. The Morgan fingerprint density at radius 2 is 1.85 bits per heavy atom. The van der Waals surface area contributed by atoms with Gasteiger partial charge in [-0.15, -0.1) is 0 Å². The van der Waals surface area contributed by atoms with Crippen molar-refractivity contribution in [2.45, 2.75) is 63.5 Å². The van der Waals surface area contributed by atoms with Crippen LogP contribution in [0.3, 0.4) is 0 Å². The average Bonchev–Trinajstić information content (AvgIpc) is 3.71. The van der Waals surface area contributed by atoms with Crippen LogP contribution in [0.5, 0.6) is 0 Å². The molecular formula is C28H31Cl2F2N2O5S-. The Kier molecular flexibility index (Phi) is 9.88. The van der Waals surface area contributed by atoms with E-state index in [1.54, 1.807) is 54.3 Å². The molecule has 5 atom stereocenters. The number of likely N-dealkylation sites (tertiary alicyclic amines) is 1. The maximum Gasteiger partial charge on any atom is 0.304 e. The highest BCUT2D eigenvalue weighted by molar-refractivity contribution is 7.76. The lowest BCUT2D eigenvalue weighted by atomic mass is 9.67. The molecule has 0 spiro atoms. The lowest BCUT2D eigenvalue weighted by molar-refractivity contribution is -0.161. The minimum absolute atomic E-state index is 0.0662. The van der Waals surface area contributed by atoms with Crippen LogP contribution in [0.1, 0.15) is 62.1 Å². The van der Waals surface area contributed by atoms with Gasteiger partial charge in [-0.2, -0.15) is 0 Å². The molecule has 1 unspecified atom stereocenters. The van der Waals surface area contributed by atoms with E-state index in [0.29, 0.717) is 10.0 Å². The molecule has 1 heterocycles. The Morgan fingerprint density at radius 3 is 2.40 bits per heavy atom. The third-order valence-electron chi connectivity index (χ3n) is 7.85. The van der Waals surface area contributed by atoms with Gasteiger partial charge in [-0.3, -0.25) is 13.8 Å². The van der Waals surface area contributed by atoms with E-state index in [0.717, 1.165) is 28.3 Å². The maximum absolute atomic E-state index is 14.4. The summed E-state index contributed by atoms with van der Waals surface area (Å²) < 4.78 is 51.2. The second-order valence-electron chi connectivity index (χ2n) is 10.9. The number of carboxylic acids is 1. The molecule has 1 saturated heterocycles. The van der Waals surface area contributed by atoms with Crippen molar-refractivity contribution in [3.8, 4) is 0 Å². The van der Waals surface area contributed by atoms with Crippen LogP contribution in [0.2, 0.25) is 10.0 Å². The van der Waals surface area contributed by atoms with E-state index in [1.165, 1.54) is 0 Å².